The molecule has 0 radical (unpaired) electrons. The van der Waals surface area contributed by atoms with Crippen molar-refractivity contribution < 1.29 is 14.3 Å². The number of hydrogen-bond donors (Lipinski definition) is 0. The molecule has 0 aromatic heterocycles. The third kappa shape index (κ3) is 2.23. The number of ketones is 1. The number of carbonyl (C=O) groups excluding carboxylic acids is 1. The molecule has 0 N–H and O–H groups in total. The number of hydrogen-bond acceptors (Lipinski definition) is 5. The van der Waals surface area contributed by atoms with Crippen molar-refractivity contribution in [1.82, 2.24) is 0 Å². The summed E-state index contributed by atoms with van der Waals surface area (Å²) in [4.78, 5) is 13.9. The lowest BCUT2D eigenvalue weighted by Crippen LogP contribution is -2.50. The number of carbonyl (C=O) groups is 1. The van der Waals surface area contributed by atoms with Gasteiger partial charge in [-0.1, -0.05) is 11.6 Å². The minimum Gasteiger partial charge on any atom is -0.454 e. The van der Waals surface area contributed by atoms with E-state index in [9.17, 15) is 15.3 Å². The highest BCUT2D eigenvalue weighted by molar-refractivity contribution is 6.31. The molecule has 148 valence electrons. The third-order valence-electron chi connectivity index (χ3n) is 8.25. The predicted molar refractivity (Wildman–Crippen MR) is 103 cm³/mol. The Balaban J connectivity index is 1.39. The molecule has 1 aliphatic heterocycles. The first-order valence-corrected chi connectivity index (χ1v) is 10.8. The summed E-state index contributed by atoms with van der Waals surface area (Å²) < 4.78 is 10.8. The lowest BCUT2D eigenvalue weighted by molar-refractivity contribution is -0.145. The number of rotatable bonds is 3. The van der Waals surface area contributed by atoms with Gasteiger partial charge in [-0.2, -0.15) is 10.5 Å². The number of fused-ring (bicyclic) bond motifs is 1. The number of Topliss-reactive ketones (excluding diaryl/α,β-unsaturated/α-hetero) is 1. The molecule has 1 aromatic rings. The average molecular weight is 409 g/mol. The number of halogens is 1. The van der Waals surface area contributed by atoms with Crippen LogP contribution in [0, 0.1) is 57.2 Å². The second-order valence-corrected chi connectivity index (χ2v) is 10.2. The van der Waals surface area contributed by atoms with Gasteiger partial charge in [0.25, 0.3) is 0 Å². The molecule has 6 aliphatic rings. The Kier molecular flexibility index (Phi) is 3.44. The minimum absolute atomic E-state index is 0.122. The van der Waals surface area contributed by atoms with Crippen molar-refractivity contribution in [3.05, 3.63) is 22.7 Å². The second-order valence-electron chi connectivity index (χ2n) is 9.84. The SMILES string of the molecule is N#CC1(C#N)[C@@H](C(=O)C23CC4CC(CC(C4)C2)C3)[C@@H]1c1cc2c(cc1Cl)OCO2. The second kappa shape index (κ2) is 5.67. The van der Waals surface area contributed by atoms with Crippen molar-refractivity contribution in [2.45, 2.75) is 44.4 Å². The number of nitrogens with zero attached hydrogens (tertiary/aromatic N) is 2. The minimum atomic E-state index is -1.34. The Morgan fingerprint density at radius 2 is 1.55 bits per heavy atom. The lowest BCUT2D eigenvalue weighted by Gasteiger charge is -2.56. The van der Waals surface area contributed by atoms with Gasteiger partial charge < -0.3 is 9.47 Å². The van der Waals surface area contributed by atoms with Crippen LogP contribution in [0.15, 0.2) is 12.1 Å². The van der Waals surface area contributed by atoms with Crippen molar-refractivity contribution >= 4 is 17.4 Å². The van der Waals surface area contributed by atoms with Crippen molar-refractivity contribution in [3.63, 3.8) is 0 Å². The van der Waals surface area contributed by atoms with Crippen LogP contribution in [0.2, 0.25) is 5.02 Å². The highest BCUT2D eigenvalue weighted by atomic mass is 35.5. The molecule has 0 unspecified atom stereocenters. The standard InChI is InChI=1S/C23H21ClN2O3/c24-16-5-18-17(28-11-29-18)4-15(16)19-20(23(19,9-25)10-26)21(27)22-6-12-1-13(7-22)3-14(2-12)8-22/h4-5,12-14,19-20H,1-3,6-8,11H2/t12?,13?,14?,19-,20+,22?/m0/s1. The first-order valence-electron chi connectivity index (χ1n) is 10.5. The van der Waals surface area contributed by atoms with E-state index in [1.54, 1.807) is 12.1 Å². The van der Waals surface area contributed by atoms with E-state index in [2.05, 4.69) is 12.1 Å². The van der Waals surface area contributed by atoms with Crippen molar-refractivity contribution in [3.8, 4) is 23.6 Å². The normalized spacial score (nSPS) is 39.6. The van der Waals surface area contributed by atoms with Gasteiger partial charge >= 0.3 is 0 Å². The summed E-state index contributed by atoms with van der Waals surface area (Å²) in [5, 5.41) is 20.3. The highest BCUT2D eigenvalue weighted by Gasteiger charge is 2.74. The van der Waals surface area contributed by atoms with Crippen molar-refractivity contribution in [2.24, 2.45) is 34.5 Å². The molecule has 5 fully saturated rings. The van der Waals surface area contributed by atoms with E-state index in [0.29, 0.717) is 39.8 Å². The molecule has 0 spiro atoms. The highest BCUT2D eigenvalue weighted by Crippen LogP contribution is 2.71. The number of benzene rings is 1. The fourth-order valence-electron chi connectivity index (χ4n) is 7.39. The number of nitriles is 2. The molecule has 4 bridgehead atoms. The molecule has 1 aromatic carbocycles. The van der Waals surface area contributed by atoms with Gasteiger partial charge in [0.2, 0.25) is 6.79 Å². The molecule has 0 saturated heterocycles. The van der Waals surface area contributed by atoms with E-state index in [4.69, 9.17) is 21.1 Å². The summed E-state index contributed by atoms with van der Waals surface area (Å²) in [5.41, 5.74) is -1.02. The lowest BCUT2D eigenvalue weighted by atomic mass is 9.48. The maximum atomic E-state index is 13.9. The van der Waals surface area contributed by atoms with Crippen LogP contribution in [0.3, 0.4) is 0 Å². The Morgan fingerprint density at radius 1 is 1.00 bits per heavy atom. The molecule has 5 nitrogen and oxygen atoms in total. The molecule has 7 rings (SSSR count). The van der Waals surface area contributed by atoms with Gasteiger partial charge in [0.15, 0.2) is 16.9 Å². The van der Waals surface area contributed by atoms with Gasteiger partial charge in [-0.15, -0.1) is 0 Å². The van der Waals surface area contributed by atoms with Crippen molar-refractivity contribution in [1.29, 1.82) is 10.5 Å². The molecule has 6 heteroatoms. The quantitative estimate of drug-likeness (QED) is 0.729. The van der Waals surface area contributed by atoms with Crippen LogP contribution in [0.25, 0.3) is 0 Å². The van der Waals surface area contributed by atoms with Crippen LogP contribution in [0.4, 0.5) is 0 Å². The largest absolute Gasteiger partial charge is 0.454 e. The monoisotopic (exact) mass is 408 g/mol. The summed E-state index contributed by atoms with van der Waals surface area (Å²) >= 11 is 6.51. The van der Waals surface area contributed by atoms with Gasteiger partial charge in [0, 0.05) is 22.4 Å². The van der Waals surface area contributed by atoms with Gasteiger partial charge in [0.05, 0.1) is 18.1 Å². The topological polar surface area (TPSA) is 83.1 Å². The molecular weight excluding hydrogens is 388 g/mol. The van der Waals surface area contributed by atoms with Gasteiger partial charge in [-0.05, 0) is 67.9 Å². The van der Waals surface area contributed by atoms with Gasteiger partial charge in [0.1, 0.15) is 5.78 Å². The van der Waals surface area contributed by atoms with Gasteiger partial charge in [-0.3, -0.25) is 4.79 Å². The van der Waals surface area contributed by atoms with E-state index in [-0.39, 0.29) is 18.0 Å². The average Bonchev–Trinajstić information content (AvgIpc) is 3.14. The summed E-state index contributed by atoms with van der Waals surface area (Å²) in [6.45, 7) is 0.122. The zero-order valence-corrected chi connectivity index (χ0v) is 16.7. The molecule has 5 saturated carbocycles. The summed E-state index contributed by atoms with van der Waals surface area (Å²) in [6, 6.07) is 7.82. The molecule has 1 heterocycles. The van der Waals surface area contributed by atoms with E-state index >= 15 is 0 Å². The fraction of sp³-hybridized carbons (Fsp3) is 0.609. The summed E-state index contributed by atoms with van der Waals surface area (Å²) in [7, 11) is 0. The first-order chi connectivity index (χ1) is 14.0. The molecule has 2 atom stereocenters. The first kappa shape index (κ1) is 17.6. The Bertz CT molecular complexity index is 971. The van der Waals surface area contributed by atoms with Crippen LogP contribution in [-0.4, -0.2) is 12.6 Å². The Hall–Kier alpha value is -2.24. The van der Waals surface area contributed by atoms with E-state index in [1.165, 1.54) is 19.3 Å². The zero-order valence-electron chi connectivity index (χ0n) is 16.0. The van der Waals surface area contributed by atoms with Crippen LogP contribution < -0.4 is 9.47 Å². The molecular formula is C23H21ClN2O3. The third-order valence-corrected chi connectivity index (χ3v) is 8.57. The molecule has 5 aliphatic carbocycles. The van der Waals surface area contributed by atoms with E-state index < -0.39 is 17.3 Å². The Labute approximate surface area is 174 Å². The maximum Gasteiger partial charge on any atom is 0.231 e. The summed E-state index contributed by atoms with van der Waals surface area (Å²) in [6.07, 6.45) is 6.54. The predicted octanol–water partition coefficient (Wildman–Crippen LogP) is 4.60. The van der Waals surface area contributed by atoms with Crippen LogP contribution >= 0.6 is 11.6 Å². The zero-order chi connectivity index (χ0) is 20.0. The summed E-state index contributed by atoms with van der Waals surface area (Å²) in [5.74, 6) is 2.05. The van der Waals surface area contributed by atoms with Crippen LogP contribution in [0.5, 0.6) is 11.5 Å². The van der Waals surface area contributed by atoms with E-state index in [1.807, 2.05) is 0 Å². The smallest absolute Gasteiger partial charge is 0.231 e. The molecule has 0 amide bonds. The van der Waals surface area contributed by atoms with E-state index in [0.717, 1.165) is 19.3 Å². The van der Waals surface area contributed by atoms with Gasteiger partial charge in [-0.25, -0.2) is 0 Å². The van der Waals surface area contributed by atoms with Crippen LogP contribution in [-0.2, 0) is 4.79 Å². The Morgan fingerprint density at radius 3 is 2.10 bits per heavy atom. The number of ether oxygens (including phenoxy) is 2. The van der Waals surface area contributed by atoms with Crippen molar-refractivity contribution in [2.75, 3.05) is 6.79 Å². The maximum absolute atomic E-state index is 13.9. The van der Waals surface area contributed by atoms with Crippen LogP contribution in [0.1, 0.15) is 50.0 Å². The fourth-order valence-corrected chi connectivity index (χ4v) is 7.66. The molecule has 29 heavy (non-hydrogen) atoms.